The second-order valence-corrected chi connectivity index (χ2v) is 7.03. The van der Waals surface area contributed by atoms with Gasteiger partial charge in [0.25, 0.3) is 0 Å². The number of hydrogen-bond donors (Lipinski definition) is 0. The summed E-state index contributed by atoms with van der Waals surface area (Å²) in [6, 6.07) is 28.1. The predicted octanol–water partition coefficient (Wildman–Crippen LogP) is 5.08. The molecule has 30 heavy (non-hydrogen) atoms. The summed E-state index contributed by atoms with van der Waals surface area (Å²) in [5.41, 5.74) is 6.55. The molecule has 0 unspecified atom stereocenters. The van der Waals surface area contributed by atoms with Crippen molar-refractivity contribution < 1.29 is 0 Å². The van der Waals surface area contributed by atoms with E-state index in [1.807, 2.05) is 71.5 Å². The maximum absolute atomic E-state index is 9.32. The van der Waals surface area contributed by atoms with Gasteiger partial charge in [-0.2, -0.15) is 5.26 Å². The summed E-state index contributed by atoms with van der Waals surface area (Å²) in [4.78, 5) is 4.41. The summed E-state index contributed by atoms with van der Waals surface area (Å²) < 4.78 is 1.84. The highest BCUT2D eigenvalue weighted by molar-refractivity contribution is 5.92. The number of nitriles is 1. The van der Waals surface area contributed by atoms with Gasteiger partial charge in [-0.15, -0.1) is 5.10 Å². The third kappa shape index (κ3) is 3.31. The lowest BCUT2D eigenvalue weighted by Crippen LogP contribution is -2.00. The molecule has 2 aromatic heterocycles. The van der Waals surface area contributed by atoms with Crippen molar-refractivity contribution >= 4 is 10.9 Å². The molecule has 0 aliphatic carbocycles. The number of rotatable bonds is 4. The maximum atomic E-state index is 9.32. The van der Waals surface area contributed by atoms with Gasteiger partial charge in [0.15, 0.2) is 0 Å². The molecule has 142 valence electrons. The SMILES string of the molecule is N#Cc1ccccc1-c1ccc(Cn2cc(-c3ccnc4ccccc34)nn2)cc1. The standard InChI is InChI=1S/C25H17N5/c26-15-20-5-1-2-6-21(20)19-11-9-18(10-12-19)16-30-17-25(28-29-30)23-13-14-27-24-8-4-3-7-22(23)24/h1-14,17H,16H2. The Hall–Kier alpha value is -4.30. The number of benzene rings is 3. The largest absolute Gasteiger partial charge is 0.256 e. The van der Waals surface area contributed by atoms with Crippen LogP contribution in [0.4, 0.5) is 0 Å². The van der Waals surface area contributed by atoms with E-state index < -0.39 is 0 Å². The molecular weight excluding hydrogens is 370 g/mol. The zero-order chi connectivity index (χ0) is 20.3. The van der Waals surface area contributed by atoms with Crippen molar-refractivity contribution in [2.24, 2.45) is 0 Å². The van der Waals surface area contributed by atoms with Crippen LogP contribution < -0.4 is 0 Å². The van der Waals surface area contributed by atoms with Crippen molar-refractivity contribution in [1.82, 2.24) is 20.0 Å². The molecule has 0 N–H and O–H groups in total. The lowest BCUT2D eigenvalue weighted by Gasteiger charge is -2.06. The van der Waals surface area contributed by atoms with Gasteiger partial charge in [0.2, 0.25) is 0 Å². The first-order valence-electron chi connectivity index (χ1n) is 9.64. The molecule has 0 bridgehead atoms. The maximum Gasteiger partial charge on any atom is 0.113 e. The van der Waals surface area contributed by atoms with Crippen LogP contribution in [0.3, 0.4) is 0 Å². The molecule has 0 aliphatic rings. The van der Waals surface area contributed by atoms with Crippen molar-refractivity contribution in [2.75, 3.05) is 0 Å². The first-order chi connectivity index (χ1) is 14.8. The van der Waals surface area contributed by atoms with Crippen molar-refractivity contribution in [1.29, 1.82) is 5.26 Å². The second-order valence-electron chi connectivity index (χ2n) is 7.03. The third-order valence-electron chi connectivity index (χ3n) is 5.12. The van der Waals surface area contributed by atoms with Crippen LogP contribution >= 0.6 is 0 Å². The fraction of sp³-hybridized carbons (Fsp3) is 0.0400. The summed E-state index contributed by atoms with van der Waals surface area (Å²) >= 11 is 0. The summed E-state index contributed by atoms with van der Waals surface area (Å²) in [5, 5.41) is 19.1. The van der Waals surface area contributed by atoms with Gasteiger partial charge < -0.3 is 0 Å². The molecule has 5 aromatic rings. The third-order valence-corrected chi connectivity index (χ3v) is 5.12. The van der Waals surface area contributed by atoms with Crippen LogP contribution in [0.2, 0.25) is 0 Å². The monoisotopic (exact) mass is 387 g/mol. The Morgan fingerprint density at radius 3 is 2.50 bits per heavy atom. The molecule has 0 spiro atoms. The molecule has 0 aliphatic heterocycles. The van der Waals surface area contributed by atoms with Crippen LogP contribution in [0.1, 0.15) is 11.1 Å². The number of pyridine rings is 1. The number of aromatic nitrogens is 4. The average molecular weight is 387 g/mol. The van der Waals surface area contributed by atoms with Crippen LogP contribution in [0.25, 0.3) is 33.3 Å². The highest BCUT2D eigenvalue weighted by Gasteiger charge is 2.09. The first kappa shape index (κ1) is 17.8. The van der Waals surface area contributed by atoms with Crippen LogP contribution in [0.5, 0.6) is 0 Å². The van der Waals surface area contributed by atoms with Crippen LogP contribution in [-0.4, -0.2) is 20.0 Å². The number of fused-ring (bicyclic) bond motifs is 1. The topological polar surface area (TPSA) is 67.4 Å². The molecule has 0 atom stereocenters. The van der Waals surface area contributed by atoms with E-state index in [0.29, 0.717) is 12.1 Å². The Morgan fingerprint density at radius 1 is 0.833 bits per heavy atom. The van der Waals surface area contributed by atoms with Gasteiger partial charge in [0.05, 0.1) is 29.9 Å². The Kier molecular flexibility index (Phi) is 4.51. The summed E-state index contributed by atoms with van der Waals surface area (Å²) in [6.07, 6.45) is 3.76. The Labute approximate surface area is 173 Å². The van der Waals surface area contributed by atoms with Crippen molar-refractivity contribution in [3.05, 3.63) is 102 Å². The minimum Gasteiger partial charge on any atom is -0.256 e. The van der Waals surface area contributed by atoms with E-state index >= 15 is 0 Å². The van der Waals surface area contributed by atoms with Crippen LogP contribution in [0.15, 0.2) is 91.3 Å². The fourth-order valence-electron chi connectivity index (χ4n) is 3.63. The number of nitrogens with zero attached hydrogens (tertiary/aromatic N) is 5. The van der Waals surface area contributed by atoms with E-state index in [1.54, 1.807) is 6.20 Å². The van der Waals surface area contributed by atoms with E-state index in [9.17, 15) is 5.26 Å². The molecular formula is C25H17N5. The summed E-state index contributed by atoms with van der Waals surface area (Å²) in [7, 11) is 0. The van der Waals surface area contributed by atoms with Gasteiger partial charge in [-0.25, -0.2) is 4.68 Å². The van der Waals surface area contributed by atoms with Gasteiger partial charge in [0.1, 0.15) is 5.69 Å². The molecule has 2 heterocycles. The zero-order valence-electron chi connectivity index (χ0n) is 16.1. The van der Waals surface area contributed by atoms with Crippen LogP contribution in [-0.2, 0) is 6.54 Å². The predicted molar refractivity (Wildman–Crippen MR) is 116 cm³/mol. The van der Waals surface area contributed by atoms with Gasteiger partial charge in [-0.05, 0) is 34.9 Å². The fourth-order valence-corrected chi connectivity index (χ4v) is 3.63. The zero-order valence-corrected chi connectivity index (χ0v) is 16.1. The normalized spacial score (nSPS) is 10.8. The molecule has 0 saturated heterocycles. The second kappa shape index (κ2) is 7.61. The molecule has 0 radical (unpaired) electrons. The Bertz CT molecular complexity index is 1370. The van der Waals surface area contributed by atoms with Crippen molar-refractivity contribution in [3.8, 4) is 28.5 Å². The number of para-hydroxylation sites is 1. The van der Waals surface area contributed by atoms with Gasteiger partial charge >= 0.3 is 0 Å². The molecule has 5 heteroatoms. The summed E-state index contributed by atoms with van der Waals surface area (Å²) in [5.74, 6) is 0. The molecule has 5 nitrogen and oxygen atoms in total. The molecule has 3 aromatic carbocycles. The molecule has 0 fully saturated rings. The Morgan fingerprint density at radius 2 is 1.63 bits per heavy atom. The van der Waals surface area contributed by atoms with Gasteiger partial charge in [-0.3, -0.25) is 4.98 Å². The molecule has 0 amide bonds. The van der Waals surface area contributed by atoms with E-state index in [-0.39, 0.29) is 0 Å². The highest BCUT2D eigenvalue weighted by atomic mass is 15.4. The van der Waals surface area contributed by atoms with E-state index in [1.165, 1.54) is 0 Å². The number of hydrogen-bond acceptors (Lipinski definition) is 4. The van der Waals surface area contributed by atoms with Gasteiger partial charge in [-0.1, -0.05) is 65.9 Å². The van der Waals surface area contributed by atoms with Crippen LogP contribution in [0, 0.1) is 11.3 Å². The summed E-state index contributed by atoms with van der Waals surface area (Å²) in [6.45, 7) is 0.621. The van der Waals surface area contributed by atoms with Gasteiger partial charge in [0, 0.05) is 17.1 Å². The van der Waals surface area contributed by atoms with Crippen molar-refractivity contribution in [2.45, 2.75) is 6.54 Å². The lowest BCUT2D eigenvalue weighted by molar-refractivity contribution is 0.650. The van der Waals surface area contributed by atoms with E-state index in [2.05, 4.69) is 39.6 Å². The quantitative estimate of drug-likeness (QED) is 0.431. The highest BCUT2D eigenvalue weighted by Crippen LogP contribution is 2.26. The van der Waals surface area contributed by atoms with E-state index in [4.69, 9.17) is 0 Å². The molecule has 0 saturated carbocycles. The minimum atomic E-state index is 0.621. The lowest BCUT2D eigenvalue weighted by atomic mass is 9.99. The Balaban J connectivity index is 1.40. The molecule has 5 rings (SSSR count). The van der Waals surface area contributed by atoms with Crippen molar-refractivity contribution in [3.63, 3.8) is 0 Å². The smallest absolute Gasteiger partial charge is 0.113 e. The van der Waals surface area contributed by atoms with E-state index in [0.717, 1.165) is 38.9 Å². The minimum absolute atomic E-state index is 0.621. The first-order valence-corrected chi connectivity index (χ1v) is 9.64. The average Bonchev–Trinajstić information content (AvgIpc) is 3.27.